The third-order valence-electron chi connectivity index (χ3n) is 4.87. The topological polar surface area (TPSA) is 36.3 Å². The van der Waals surface area contributed by atoms with Gasteiger partial charge in [-0.05, 0) is 46.5 Å². The van der Waals surface area contributed by atoms with E-state index in [2.05, 4.69) is 50.6 Å². The van der Waals surface area contributed by atoms with E-state index >= 15 is 0 Å². The van der Waals surface area contributed by atoms with E-state index in [0.717, 1.165) is 11.4 Å². The van der Waals surface area contributed by atoms with Gasteiger partial charge in [-0.15, -0.1) is 0 Å². The lowest BCUT2D eigenvalue weighted by Crippen LogP contribution is -2.41. The zero-order valence-corrected chi connectivity index (χ0v) is 12.5. The lowest BCUT2D eigenvalue weighted by molar-refractivity contribution is 0.00578. The standard InChI is InChI=1S/C14H23BN2O2/c1-10-6-12(7-10)17-9-11(8-16-17)15-18-13(2,3)14(4,5)19-15/h8-10,12H,6-7H2,1-5H3. The SMILES string of the molecule is CC1CC(n2cc(B3OC(C)(C)C(C)(C)O3)cn2)C1. The highest BCUT2D eigenvalue weighted by Gasteiger charge is 2.52. The van der Waals surface area contributed by atoms with E-state index in [1.807, 2.05) is 6.20 Å². The van der Waals surface area contributed by atoms with E-state index in [-0.39, 0.29) is 18.3 Å². The minimum atomic E-state index is -0.295. The Morgan fingerprint density at radius 2 is 1.79 bits per heavy atom. The van der Waals surface area contributed by atoms with Crippen LogP contribution in [0.2, 0.25) is 0 Å². The van der Waals surface area contributed by atoms with Gasteiger partial charge in [0.1, 0.15) is 0 Å². The molecule has 0 unspecified atom stereocenters. The first-order valence-electron chi connectivity index (χ1n) is 7.18. The quantitative estimate of drug-likeness (QED) is 0.766. The molecule has 2 aliphatic rings. The Labute approximate surface area is 115 Å². The molecule has 1 aromatic heterocycles. The van der Waals surface area contributed by atoms with E-state index in [1.54, 1.807) is 0 Å². The Morgan fingerprint density at radius 1 is 1.21 bits per heavy atom. The summed E-state index contributed by atoms with van der Waals surface area (Å²) in [6.07, 6.45) is 6.42. The molecule has 0 atom stereocenters. The Bertz CT molecular complexity index is 462. The number of hydrogen-bond acceptors (Lipinski definition) is 3. The van der Waals surface area contributed by atoms with Crippen LogP contribution in [0.4, 0.5) is 0 Å². The molecule has 1 saturated carbocycles. The van der Waals surface area contributed by atoms with Gasteiger partial charge >= 0.3 is 7.12 Å². The molecule has 3 rings (SSSR count). The van der Waals surface area contributed by atoms with E-state index < -0.39 is 0 Å². The van der Waals surface area contributed by atoms with E-state index in [1.165, 1.54) is 12.8 Å². The summed E-state index contributed by atoms with van der Waals surface area (Å²) in [5, 5.41) is 4.47. The summed E-state index contributed by atoms with van der Waals surface area (Å²) in [5.74, 6) is 0.828. The van der Waals surface area contributed by atoms with E-state index in [4.69, 9.17) is 9.31 Å². The van der Waals surface area contributed by atoms with Gasteiger partial charge in [0, 0.05) is 17.9 Å². The fraction of sp³-hybridized carbons (Fsp3) is 0.786. The van der Waals surface area contributed by atoms with Crippen LogP contribution in [0.15, 0.2) is 12.4 Å². The second kappa shape index (κ2) is 4.09. The molecular weight excluding hydrogens is 239 g/mol. The Morgan fingerprint density at radius 3 is 2.32 bits per heavy atom. The molecule has 19 heavy (non-hydrogen) atoms. The van der Waals surface area contributed by atoms with Gasteiger partial charge in [-0.2, -0.15) is 5.10 Å². The van der Waals surface area contributed by atoms with Crippen molar-refractivity contribution in [3.8, 4) is 0 Å². The predicted molar refractivity (Wildman–Crippen MR) is 75.4 cm³/mol. The molecule has 4 nitrogen and oxygen atoms in total. The monoisotopic (exact) mass is 262 g/mol. The fourth-order valence-electron chi connectivity index (χ4n) is 2.73. The molecule has 0 radical (unpaired) electrons. The third kappa shape index (κ3) is 2.13. The summed E-state index contributed by atoms with van der Waals surface area (Å²) >= 11 is 0. The zero-order valence-electron chi connectivity index (χ0n) is 12.5. The molecule has 2 fully saturated rings. The summed E-state index contributed by atoms with van der Waals surface area (Å²) < 4.78 is 14.2. The van der Waals surface area contributed by atoms with Gasteiger partial charge in [0.25, 0.3) is 0 Å². The molecule has 1 aromatic rings. The lowest BCUT2D eigenvalue weighted by Gasteiger charge is -2.32. The van der Waals surface area contributed by atoms with Crippen LogP contribution in [0.1, 0.15) is 53.5 Å². The Hall–Kier alpha value is -0.805. The van der Waals surface area contributed by atoms with Gasteiger partial charge in [0.2, 0.25) is 0 Å². The maximum absolute atomic E-state index is 6.04. The van der Waals surface area contributed by atoms with Crippen molar-refractivity contribution < 1.29 is 9.31 Å². The molecule has 5 heteroatoms. The molecule has 0 spiro atoms. The number of rotatable bonds is 2. The van der Waals surface area contributed by atoms with Crippen molar-refractivity contribution >= 4 is 12.6 Å². The maximum atomic E-state index is 6.04. The molecule has 0 bridgehead atoms. The summed E-state index contributed by atoms with van der Waals surface area (Å²) in [7, 11) is -0.295. The smallest absolute Gasteiger partial charge is 0.399 e. The van der Waals surface area contributed by atoms with Crippen molar-refractivity contribution in [1.82, 2.24) is 9.78 Å². The van der Waals surface area contributed by atoms with Crippen LogP contribution in [-0.4, -0.2) is 28.1 Å². The van der Waals surface area contributed by atoms with Crippen LogP contribution in [0, 0.1) is 5.92 Å². The van der Waals surface area contributed by atoms with Gasteiger partial charge in [-0.3, -0.25) is 4.68 Å². The van der Waals surface area contributed by atoms with Crippen LogP contribution in [0.3, 0.4) is 0 Å². The van der Waals surface area contributed by atoms with Crippen LogP contribution in [0.5, 0.6) is 0 Å². The van der Waals surface area contributed by atoms with Gasteiger partial charge < -0.3 is 9.31 Å². The van der Waals surface area contributed by atoms with Crippen LogP contribution in [-0.2, 0) is 9.31 Å². The molecular formula is C14H23BN2O2. The summed E-state index contributed by atoms with van der Waals surface area (Å²) in [4.78, 5) is 0. The predicted octanol–water partition coefficient (Wildman–Crippen LogP) is 2.15. The number of aromatic nitrogens is 2. The highest BCUT2D eigenvalue weighted by Crippen LogP contribution is 2.38. The van der Waals surface area contributed by atoms with Crippen LogP contribution in [0.25, 0.3) is 0 Å². The molecule has 0 amide bonds. The molecule has 0 aromatic carbocycles. The molecule has 1 aliphatic heterocycles. The van der Waals surface area contributed by atoms with Crippen molar-refractivity contribution in [1.29, 1.82) is 0 Å². The minimum absolute atomic E-state index is 0.287. The molecule has 104 valence electrons. The van der Waals surface area contributed by atoms with Crippen LogP contribution < -0.4 is 5.46 Å². The summed E-state index contributed by atoms with van der Waals surface area (Å²) in [6, 6.07) is 0.561. The number of hydrogen-bond donors (Lipinski definition) is 0. The zero-order chi connectivity index (χ0) is 13.8. The van der Waals surface area contributed by atoms with Gasteiger partial charge in [-0.1, -0.05) is 6.92 Å². The first kappa shape index (κ1) is 13.2. The third-order valence-corrected chi connectivity index (χ3v) is 4.87. The summed E-state index contributed by atoms with van der Waals surface area (Å²) in [5.41, 5.74) is 0.452. The van der Waals surface area contributed by atoms with Gasteiger partial charge in [0.05, 0.1) is 17.2 Å². The summed E-state index contributed by atoms with van der Waals surface area (Å²) in [6.45, 7) is 10.6. The first-order valence-corrected chi connectivity index (χ1v) is 7.18. The second-order valence-electron chi connectivity index (χ2n) is 7.07. The fourth-order valence-corrected chi connectivity index (χ4v) is 2.73. The normalized spacial score (nSPS) is 32.4. The van der Waals surface area contributed by atoms with Crippen molar-refractivity contribution in [3.05, 3.63) is 12.4 Å². The molecule has 0 N–H and O–H groups in total. The molecule has 2 heterocycles. The highest BCUT2D eigenvalue weighted by atomic mass is 16.7. The Kier molecular flexibility index (Phi) is 2.84. The maximum Gasteiger partial charge on any atom is 0.498 e. The van der Waals surface area contributed by atoms with Crippen LogP contribution >= 0.6 is 0 Å². The second-order valence-corrected chi connectivity index (χ2v) is 7.07. The largest absolute Gasteiger partial charge is 0.498 e. The van der Waals surface area contributed by atoms with Gasteiger partial charge in [-0.25, -0.2) is 0 Å². The highest BCUT2D eigenvalue weighted by molar-refractivity contribution is 6.61. The van der Waals surface area contributed by atoms with E-state index in [9.17, 15) is 0 Å². The minimum Gasteiger partial charge on any atom is -0.399 e. The van der Waals surface area contributed by atoms with Crippen molar-refractivity contribution in [2.45, 2.75) is 64.7 Å². The Balaban J connectivity index is 1.74. The lowest BCUT2D eigenvalue weighted by atomic mass is 9.80. The molecule has 1 saturated heterocycles. The first-order chi connectivity index (χ1) is 8.78. The van der Waals surface area contributed by atoms with Crippen molar-refractivity contribution in [3.63, 3.8) is 0 Å². The van der Waals surface area contributed by atoms with Gasteiger partial charge in [0.15, 0.2) is 0 Å². The average molecular weight is 262 g/mol. The van der Waals surface area contributed by atoms with E-state index in [0.29, 0.717) is 6.04 Å². The van der Waals surface area contributed by atoms with Crippen molar-refractivity contribution in [2.24, 2.45) is 5.92 Å². The number of nitrogens with zero attached hydrogens (tertiary/aromatic N) is 2. The van der Waals surface area contributed by atoms with Crippen molar-refractivity contribution in [2.75, 3.05) is 0 Å². The molecule has 1 aliphatic carbocycles. The average Bonchev–Trinajstić information content (AvgIpc) is 2.78.